The van der Waals surface area contributed by atoms with Crippen molar-refractivity contribution in [2.45, 2.75) is 25.4 Å². The lowest BCUT2D eigenvalue weighted by molar-refractivity contribution is 0.539. The fourth-order valence-corrected chi connectivity index (χ4v) is 1.33. The maximum absolute atomic E-state index is 5.68. The van der Waals surface area contributed by atoms with E-state index >= 15 is 0 Å². The molecule has 1 aliphatic carbocycles. The highest BCUT2D eigenvalue weighted by Gasteiger charge is 2.32. The molecule has 0 aromatic carbocycles. The van der Waals surface area contributed by atoms with Gasteiger partial charge in [0.1, 0.15) is 0 Å². The van der Waals surface area contributed by atoms with Gasteiger partial charge in [0.05, 0.1) is 0 Å². The van der Waals surface area contributed by atoms with Gasteiger partial charge in [-0.3, -0.25) is 4.68 Å². The summed E-state index contributed by atoms with van der Waals surface area (Å²) in [6.45, 7) is 1.02. The van der Waals surface area contributed by atoms with Gasteiger partial charge in [-0.05, 0) is 24.8 Å². The van der Waals surface area contributed by atoms with E-state index in [0.29, 0.717) is 6.04 Å². The molecule has 1 aromatic heterocycles. The molecule has 0 radical (unpaired) electrons. The van der Waals surface area contributed by atoms with E-state index in [4.69, 9.17) is 5.73 Å². The monoisotopic (exact) mass is 151 g/mol. The van der Waals surface area contributed by atoms with E-state index in [1.807, 2.05) is 23.1 Å². The molecule has 1 aliphatic rings. The highest BCUT2D eigenvalue weighted by Crippen LogP contribution is 2.31. The van der Waals surface area contributed by atoms with Gasteiger partial charge in [-0.1, -0.05) is 0 Å². The minimum absolute atomic E-state index is 0.477. The Morgan fingerprint density at radius 2 is 2.45 bits per heavy atom. The summed E-state index contributed by atoms with van der Waals surface area (Å²) in [5, 5.41) is 4.12. The number of hydrogen-bond donors (Lipinski definition) is 1. The van der Waals surface area contributed by atoms with E-state index in [0.717, 1.165) is 12.5 Å². The van der Waals surface area contributed by atoms with Gasteiger partial charge in [0, 0.05) is 25.0 Å². The zero-order chi connectivity index (χ0) is 7.68. The van der Waals surface area contributed by atoms with Crippen molar-refractivity contribution >= 4 is 0 Å². The molecular weight excluding hydrogens is 138 g/mol. The summed E-state index contributed by atoms with van der Waals surface area (Å²) < 4.78 is 1.96. The van der Waals surface area contributed by atoms with Crippen LogP contribution in [0.25, 0.3) is 0 Å². The Hall–Kier alpha value is -0.830. The molecule has 2 atom stereocenters. The van der Waals surface area contributed by atoms with Crippen LogP contribution in [0.4, 0.5) is 0 Å². The van der Waals surface area contributed by atoms with Crippen molar-refractivity contribution in [1.82, 2.24) is 9.78 Å². The zero-order valence-electron chi connectivity index (χ0n) is 6.48. The predicted molar refractivity (Wildman–Crippen MR) is 42.9 cm³/mol. The van der Waals surface area contributed by atoms with E-state index in [1.165, 1.54) is 12.8 Å². The molecule has 1 saturated carbocycles. The molecule has 2 N–H and O–H groups in total. The molecule has 2 rings (SSSR count). The second-order valence-electron chi connectivity index (χ2n) is 3.22. The van der Waals surface area contributed by atoms with Crippen molar-refractivity contribution < 1.29 is 0 Å². The van der Waals surface area contributed by atoms with Crippen LogP contribution in [-0.2, 0) is 6.54 Å². The van der Waals surface area contributed by atoms with Crippen LogP contribution < -0.4 is 5.73 Å². The van der Waals surface area contributed by atoms with Gasteiger partial charge in [-0.2, -0.15) is 5.10 Å². The van der Waals surface area contributed by atoms with Gasteiger partial charge in [-0.15, -0.1) is 0 Å². The molecule has 2 unspecified atom stereocenters. The van der Waals surface area contributed by atoms with Crippen molar-refractivity contribution in [1.29, 1.82) is 0 Å². The average Bonchev–Trinajstić information content (AvgIpc) is 2.55. The van der Waals surface area contributed by atoms with Crippen LogP contribution in [0.5, 0.6) is 0 Å². The summed E-state index contributed by atoms with van der Waals surface area (Å²) in [6, 6.07) is 2.43. The Bertz CT molecular complexity index is 217. The van der Waals surface area contributed by atoms with Gasteiger partial charge in [0.2, 0.25) is 0 Å². The zero-order valence-corrected chi connectivity index (χ0v) is 6.48. The first-order valence-corrected chi connectivity index (χ1v) is 4.09. The Morgan fingerprint density at radius 3 is 3.00 bits per heavy atom. The number of hydrogen-bond acceptors (Lipinski definition) is 2. The van der Waals surface area contributed by atoms with E-state index in [9.17, 15) is 0 Å². The first kappa shape index (κ1) is 6.85. The minimum atomic E-state index is 0.477. The molecule has 3 nitrogen and oxygen atoms in total. The summed E-state index contributed by atoms with van der Waals surface area (Å²) in [6.07, 6.45) is 6.20. The molecule has 60 valence electrons. The van der Waals surface area contributed by atoms with Crippen LogP contribution in [0.3, 0.4) is 0 Å². The topological polar surface area (TPSA) is 43.8 Å². The molecule has 0 saturated heterocycles. The lowest BCUT2D eigenvalue weighted by Crippen LogP contribution is -2.05. The van der Waals surface area contributed by atoms with Gasteiger partial charge in [0.25, 0.3) is 0 Å². The first-order chi connectivity index (χ1) is 5.36. The third kappa shape index (κ3) is 1.60. The van der Waals surface area contributed by atoms with E-state index in [2.05, 4.69) is 5.10 Å². The molecule has 0 spiro atoms. The normalized spacial score (nSPS) is 28.8. The number of aryl methyl sites for hydroxylation is 1. The smallest absolute Gasteiger partial charge is 0.0489 e. The molecule has 1 aromatic rings. The molecule has 11 heavy (non-hydrogen) atoms. The number of rotatable bonds is 3. The minimum Gasteiger partial charge on any atom is -0.327 e. The van der Waals surface area contributed by atoms with Crippen molar-refractivity contribution in [3.8, 4) is 0 Å². The summed E-state index contributed by atoms with van der Waals surface area (Å²) in [4.78, 5) is 0. The molecule has 1 fully saturated rings. The lowest BCUT2D eigenvalue weighted by Gasteiger charge is -1.98. The maximum atomic E-state index is 5.68. The van der Waals surface area contributed by atoms with Gasteiger partial charge in [-0.25, -0.2) is 0 Å². The number of nitrogens with two attached hydrogens (primary N) is 1. The largest absolute Gasteiger partial charge is 0.327 e. The number of nitrogens with zero attached hydrogens (tertiary/aromatic N) is 2. The standard InChI is InChI=1S/C8H13N3/c9-8-6-7(8)2-5-11-4-1-3-10-11/h1,3-4,7-8H,2,5-6,9H2. The molecule has 3 heteroatoms. The molecular formula is C8H13N3. The van der Waals surface area contributed by atoms with Crippen LogP contribution in [-0.4, -0.2) is 15.8 Å². The fraction of sp³-hybridized carbons (Fsp3) is 0.625. The maximum Gasteiger partial charge on any atom is 0.0489 e. The van der Waals surface area contributed by atoms with Crippen LogP contribution in [0.1, 0.15) is 12.8 Å². The summed E-state index contributed by atoms with van der Waals surface area (Å²) in [7, 11) is 0. The van der Waals surface area contributed by atoms with Crippen molar-refractivity contribution in [2.24, 2.45) is 11.7 Å². The second kappa shape index (κ2) is 2.66. The first-order valence-electron chi connectivity index (χ1n) is 4.09. The van der Waals surface area contributed by atoms with E-state index in [1.54, 1.807) is 0 Å². The van der Waals surface area contributed by atoms with Gasteiger partial charge < -0.3 is 5.73 Å². The third-order valence-corrected chi connectivity index (χ3v) is 2.27. The molecule has 0 amide bonds. The molecule has 0 bridgehead atoms. The van der Waals surface area contributed by atoms with Crippen LogP contribution in [0, 0.1) is 5.92 Å². The third-order valence-electron chi connectivity index (χ3n) is 2.27. The van der Waals surface area contributed by atoms with E-state index in [-0.39, 0.29) is 0 Å². The Labute approximate surface area is 66.2 Å². The van der Waals surface area contributed by atoms with Crippen molar-refractivity contribution in [3.05, 3.63) is 18.5 Å². The van der Waals surface area contributed by atoms with E-state index < -0.39 is 0 Å². The quantitative estimate of drug-likeness (QED) is 0.688. The Kier molecular flexibility index (Phi) is 1.66. The SMILES string of the molecule is NC1CC1CCn1cccn1. The molecule has 0 aliphatic heterocycles. The Morgan fingerprint density at radius 1 is 1.64 bits per heavy atom. The summed E-state index contributed by atoms with van der Waals surface area (Å²) in [5.41, 5.74) is 5.68. The lowest BCUT2D eigenvalue weighted by atomic mass is 10.3. The van der Waals surface area contributed by atoms with Gasteiger partial charge in [0.15, 0.2) is 0 Å². The Balaban J connectivity index is 1.75. The highest BCUT2D eigenvalue weighted by atomic mass is 15.3. The van der Waals surface area contributed by atoms with Crippen molar-refractivity contribution in [3.63, 3.8) is 0 Å². The molecule has 1 heterocycles. The van der Waals surface area contributed by atoms with Crippen LogP contribution >= 0.6 is 0 Å². The number of aromatic nitrogens is 2. The van der Waals surface area contributed by atoms with Gasteiger partial charge >= 0.3 is 0 Å². The fourth-order valence-electron chi connectivity index (χ4n) is 1.33. The summed E-state index contributed by atoms with van der Waals surface area (Å²) >= 11 is 0. The second-order valence-corrected chi connectivity index (χ2v) is 3.22. The van der Waals surface area contributed by atoms with Crippen LogP contribution in [0.15, 0.2) is 18.5 Å². The average molecular weight is 151 g/mol. The predicted octanol–water partition coefficient (Wildman–Crippen LogP) is 0.620. The summed E-state index contributed by atoms with van der Waals surface area (Å²) in [5.74, 6) is 0.763. The van der Waals surface area contributed by atoms with Crippen molar-refractivity contribution in [2.75, 3.05) is 0 Å². The highest BCUT2D eigenvalue weighted by molar-refractivity contribution is 4.89. The van der Waals surface area contributed by atoms with Crippen LogP contribution in [0.2, 0.25) is 0 Å².